The molecule has 0 aromatic heterocycles. The second-order valence-electron chi connectivity index (χ2n) is 6.32. The second-order valence-corrected chi connectivity index (χ2v) is 8.17. The molecule has 1 unspecified atom stereocenters. The maximum Gasteiger partial charge on any atom is 0.211 e. The number of nitrogens with one attached hydrogen (secondary N) is 1. The lowest BCUT2D eigenvalue weighted by atomic mass is 9.99. The molecule has 0 bridgehead atoms. The van der Waals surface area contributed by atoms with Gasteiger partial charge in [-0.25, -0.2) is 13.1 Å². The Morgan fingerprint density at radius 3 is 2.50 bits per heavy atom. The number of hydrogen-bond acceptors (Lipinski definition) is 4. The van der Waals surface area contributed by atoms with Gasteiger partial charge in [-0.3, -0.25) is 0 Å². The third kappa shape index (κ3) is 5.31. The Kier molecular flexibility index (Phi) is 6.26. The summed E-state index contributed by atoms with van der Waals surface area (Å²) in [4.78, 5) is 2.25. The minimum absolute atomic E-state index is 0.240. The van der Waals surface area contributed by atoms with Crippen molar-refractivity contribution in [2.75, 3.05) is 38.5 Å². The van der Waals surface area contributed by atoms with Crippen molar-refractivity contribution in [2.24, 2.45) is 11.8 Å². The van der Waals surface area contributed by atoms with Gasteiger partial charge in [-0.15, -0.1) is 0 Å². The molecule has 118 valence electrons. The summed E-state index contributed by atoms with van der Waals surface area (Å²) in [6.07, 6.45) is 6.66. The molecule has 2 rings (SSSR count). The number of aliphatic hydroxyl groups excluding tert-OH is 1. The first-order chi connectivity index (χ1) is 9.59. The minimum atomic E-state index is -3.11. The summed E-state index contributed by atoms with van der Waals surface area (Å²) in [6.45, 7) is 3.39. The van der Waals surface area contributed by atoms with Gasteiger partial charge < -0.3 is 10.0 Å². The quantitative estimate of drug-likeness (QED) is 0.730. The molecule has 0 spiro atoms. The zero-order valence-electron chi connectivity index (χ0n) is 12.3. The molecule has 2 N–H and O–H groups in total. The first-order valence-corrected chi connectivity index (χ1v) is 9.55. The van der Waals surface area contributed by atoms with E-state index in [1.165, 1.54) is 12.8 Å². The number of nitrogens with zero attached hydrogens (tertiary/aromatic N) is 1. The third-order valence-electron chi connectivity index (χ3n) is 4.54. The van der Waals surface area contributed by atoms with Gasteiger partial charge in [0, 0.05) is 26.2 Å². The van der Waals surface area contributed by atoms with E-state index >= 15 is 0 Å². The van der Waals surface area contributed by atoms with E-state index in [-0.39, 0.29) is 6.61 Å². The van der Waals surface area contributed by atoms with E-state index in [9.17, 15) is 13.5 Å². The smallest absolute Gasteiger partial charge is 0.211 e. The average molecular weight is 304 g/mol. The fourth-order valence-electron chi connectivity index (χ4n) is 3.41. The molecule has 1 saturated carbocycles. The molecule has 2 aliphatic rings. The van der Waals surface area contributed by atoms with Crippen LogP contribution in [0.15, 0.2) is 0 Å². The van der Waals surface area contributed by atoms with Crippen molar-refractivity contribution in [1.82, 2.24) is 9.62 Å². The fraction of sp³-hybridized carbons (Fsp3) is 1.00. The van der Waals surface area contributed by atoms with Crippen LogP contribution in [0.5, 0.6) is 0 Å². The Hall–Kier alpha value is -0.170. The van der Waals surface area contributed by atoms with E-state index < -0.39 is 10.0 Å². The highest BCUT2D eigenvalue weighted by atomic mass is 32.2. The van der Waals surface area contributed by atoms with Gasteiger partial charge in [0.2, 0.25) is 10.0 Å². The van der Waals surface area contributed by atoms with Gasteiger partial charge in [0.15, 0.2) is 0 Å². The van der Waals surface area contributed by atoms with Crippen LogP contribution in [0.4, 0.5) is 0 Å². The number of aliphatic hydroxyl groups is 1. The van der Waals surface area contributed by atoms with Crippen molar-refractivity contribution in [1.29, 1.82) is 0 Å². The average Bonchev–Trinajstić information content (AvgIpc) is 2.91. The van der Waals surface area contributed by atoms with Crippen LogP contribution < -0.4 is 4.72 Å². The number of likely N-dealkylation sites (tertiary alicyclic amines) is 1. The van der Waals surface area contributed by atoms with E-state index in [1.54, 1.807) is 0 Å². The zero-order valence-corrected chi connectivity index (χ0v) is 13.1. The molecule has 1 heterocycles. The minimum Gasteiger partial charge on any atom is -0.396 e. The first-order valence-electron chi connectivity index (χ1n) is 7.89. The van der Waals surface area contributed by atoms with Crippen molar-refractivity contribution in [3.63, 3.8) is 0 Å². The van der Waals surface area contributed by atoms with Crippen LogP contribution in [0.2, 0.25) is 0 Å². The van der Waals surface area contributed by atoms with E-state index in [2.05, 4.69) is 9.62 Å². The predicted octanol–water partition coefficient (Wildman–Crippen LogP) is 0.800. The molecule has 0 amide bonds. The number of hydrogen-bond donors (Lipinski definition) is 2. The maximum atomic E-state index is 12.0. The largest absolute Gasteiger partial charge is 0.396 e. The van der Waals surface area contributed by atoms with E-state index in [4.69, 9.17) is 0 Å². The zero-order chi connectivity index (χ0) is 14.4. The fourth-order valence-corrected chi connectivity index (χ4v) is 4.88. The molecule has 1 saturated heterocycles. The van der Waals surface area contributed by atoms with Gasteiger partial charge in [0.1, 0.15) is 0 Å². The van der Waals surface area contributed by atoms with Crippen LogP contribution in [0.3, 0.4) is 0 Å². The molecule has 20 heavy (non-hydrogen) atoms. The summed E-state index contributed by atoms with van der Waals surface area (Å²) >= 11 is 0. The molecule has 0 aromatic carbocycles. The highest BCUT2D eigenvalue weighted by Gasteiger charge is 2.23. The van der Waals surface area contributed by atoms with E-state index in [0.717, 1.165) is 45.3 Å². The van der Waals surface area contributed by atoms with Crippen LogP contribution in [-0.4, -0.2) is 57.0 Å². The van der Waals surface area contributed by atoms with Crippen molar-refractivity contribution < 1.29 is 13.5 Å². The Morgan fingerprint density at radius 2 is 1.80 bits per heavy atom. The van der Waals surface area contributed by atoms with Crippen molar-refractivity contribution in [3.8, 4) is 0 Å². The lowest BCUT2D eigenvalue weighted by Gasteiger charge is -2.31. The van der Waals surface area contributed by atoms with Gasteiger partial charge in [0.05, 0.1) is 5.75 Å². The molecular formula is C14H28N2O3S. The molecule has 6 heteroatoms. The van der Waals surface area contributed by atoms with Crippen molar-refractivity contribution >= 4 is 10.0 Å². The monoisotopic (exact) mass is 304 g/mol. The predicted molar refractivity (Wildman–Crippen MR) is 80.0 cm³/mol. The van der Waals surface area contributed by atoms with Crippen molar-refractivity contribution in [2.45, 2.75) is 38.5 Å². The number of sulfonamides is 1. The maximum absolute atomic E-state index is 12.0. The summed E-state index contributed by atoms with van der Waals surface area (Å²) in [5.41, 5.74) is 0. The molecular weight excluding hydrogens is 276 g/mol. The SMILES string of the molecule is O=S(=O)(CC1CCCC1)NCCN1CCCC(CO)C1. The lowest BCUT2D eigenvalue weighted by molar-refractivity contribution is 0.122. The van der Waals surface area contributed by atoms with Crippen molar-refractivity contribution in [3.05, 3.63) is 0 Å². The highest BCUT2D eigenvalue weighted by Crippen LogP contribution is 2.25. The Labute approximate surface area is 122 Å². The Bertz CT molecular complexity index is 380. The van der Waals surface area contributed by atoms with Crippen LogP contribution in [0.1, 0.15) is 38.5 Å². The van der Waals surface area contributed by atoms with Crippen LogP contribution in [0.25, 0.3) is 0 Å². The third-order valence-corrected chi connectivity index (χ3v) is 6.10. The van der Waals surface area contributed by atoms with Gasteiger partial charge in [-0.1, -0.05) is 12.8 Å². The topological polar surface area (TPSA) is 69.6 Å². The van der Waals surface area contributed by atoms with Gasteiger partial charge >= 0.3 is 0 Å². The standard InChI is InChI=1S/C14H28N2O3S/c17-11-14-6-3-8-16(10-14)9-7-15-20(18,19)12-13-4-1-2-5-13/h13-15,17H,1-12H2. The molecule has 2 fully saturated rings. The van der Waals surface area contributed by atoms with Crippen LogP contribution in [0, 0.1) is 11.8 Å². The van der Waals surface area contributed by atoms with Crippen LogP contribution >= 0.6 is 0 Å². The van der Waals surface area contributed by atoms with E-state index in [1.807, 2.05) is 0 Å². The molecule has 1 aliphatic heterocycles. The summed E-state index contributed by atoms with van der Waals surface area (Å²) in [7, 11) is -3.11. The molecule has 5 nitrogen and oxygen atoms in total. The van der Waals surface area contributed by atoms with Gasteiger partial charge in [-0.05, 0) is 44.1 Å². The molecule has 0 aromatic rings. The number of piperidine rings is 1. The normalized spacial score (nSPS) is 26.1. The van der Waals surface area contributed by atoms with Gasteiger partial charge in [-0.2, -0.15) is 0 Å². The van der Waals surface area contributed by atoms with E-state index in [0.29, 0.717) is 24.1 Å². The number of rotatable bonds is 7. The summed E-state index contributed by atoms with van der Waals surface area (Å²) in [5.74, 6) is 1.02. The summed E-state index contributed by atoms with van der Waals surface area (Å²) < 4.78 is 26.7. The first kappa shape index (κ1) is 16.2. The molecule has 1 atom stereocenters. The summed E-state index contributed by atoms with van der Waals surface area (Å²) in [5, 5.41) is 9.18. The second kappa shape index (κ2) is 7.73. The highest BCUT2D eigenvalue weighted by molar-refractivity contribution is 7.89. The van der Waals surface area contributed by atoms with Crippen LogP contribution in [-0.2, 0) is 10.0 Å². The molecule has 1 aliphatic carbocycles. The molecule has 0 radical (unpaired) electrons. The summed E-state index contributed by atoms with van der Waals surface area (Å²) in [6, 6.07) is 0. The Balaban J connectivity index is 1.66. The Morgan fingerprint density at radius 1 is 1.10 bits per heavy atom. The van der Waals surface area contributed by atoms with Gasteiger partial charge in [0.25, 0.3) is 0 Å². The lowest BCUT2D eigenvalue weighted by Crippen LogP contribution is -2.42.